The van der Waals surface area contributed by atoms with E-state index in [-0.39, 0.29) is 29.4 Å². The summed E-state index contributed by atoms with van der Waals surface area (Å²) in [6.07, 6.45) is 9.20. The number of H-pyrrole nitrogens is 1. The Labute approximate surface area is 259 Å². The zero-order chi connectivity index (χ0) is 29.8. The number of aromatic amines is 1. The number of nitrogens with zero attached hydrogens (tertiary/aromatic N) is 6. The van der Waals surface area contributed by atoms with Crippen LogP contribution in [0.25, 0.3) is 33.1 Å². The molecule has 5 aliphatic heterocycles. The lowest BCUT2D eigenvalue weighted by Gasteiger charge is -2.34. The van der Waals surface area contributed by atoms with Crippen LogP contribution in [0.2, 0.25) is 5.02 Å². The average Bonchev–Trinajstić information content (AvgIpc) is 3.72. The molecule has 3 saturated heterocycles. The van der Waals surface area contributed by atoms with E-state index in [1.165, 1.54) is 0 Å². The Hall–Kier alpha value is -3.15. The molecule has 0 unspecified atom stereocenters. The number of benzene rings is 1. The van der Waals surface area contributed by atoms with Gasteiger partial charge in [0, 0.05) is 61.4 Å². The summed E-state index contributed by atoms with van der Waals surface area (Å²) >= 11 is 6.81. The first-order valence-corrected chi connectivity index (χ1v) is 16.2. The topological polar surface area (TPSA) is 92.3 Å². The third kappa shape index (κ3) is 4.87. The summed E-state index contributed by atoms with van der Waals surface area (Å²) in [5, 5.41) is 8.99. The summed E-state index contributed by atoms with van der Waals surface area (Å²) in [6.45, 7) is 4.42. The third-order valence-electron chi connectivity index (χ3n) is 10.1. The number of alkyl halides is 1. The van der Waals surface area contributed by atoms with Crippen molar-refractivity contribution in [2.24, 2.45) is 5.92 Å². The molecule has 9 nitrogen and oxygen atoms in total. The fourth-order valence-corrected chi connectivity index (χ4v) is 8.26. The van der Waals surface area contributed by atoms with Crippen molar-refractivity contribution >= 4 is 39.2 Å². The highest BCUT2D eigenvalue weighted by molar-refractivity contribution is 6.33. The smallest absolute Gasteiger partial charge is 0.319 e. The molecule has 9 rings (SSSR count). The van der Waals surface area contributed by atoms with Crippen LogP contribution in [0.5, 0.6) is 6.01 Å². The lowest BCUT2D eigenvalue weighted by atomic mass is 9.94. The predicted molar refractivity (Wildman–Crippen MR) is 165 cm³/mol. The average molecular weight is 624 g/mol. The van der Waals surface area contributed by atoms with Crippen LogP contribution < -0.4 is 9.64 Å². The van der Waals surface area contributed by atoms with Crippen LogP contribution in [0.15, 0.2) is 18.5 Å². The van der Waals surface area contributed by atoms with Crippen molar-refractivity contribution in [3.63, 3.8) is 0 Å². The first-order valence-electron chi connectivity index (χ1n) is 15.8. The van der Waals surface area contributed by atoms with Crippen molar-refractivity contribution in [3.05, 3.63) is 34.9 Å². The van der Waals surface area contributed by atoms with Crippen LogP contribution in [0.4, 0.5) is 14.6 Å². The minimum atomic E-state index is -0.870. The molecule has 1 aromatic carbocycles. The van der Waals surface area contributed by atoms with E-state index in [1.807, 2.05) is 6.07 Å². The quantitative estimate of drug-likeness (QED) is 0.302. The highest BCUT2D eigenvalue weighted by atomic mass is 35.5. The largest absolute Gasteiger partial charge is 0.461 e. The SMILES string of the molecule is Fc1c2ncc3c(nc(OC[C@@]45CCCN4C[C@H](F)C5)nc13)N1CCC[C@@H](CCOCCCc3c(Cl)cc4[nH]ncc4c3-2)C1. The normalized spacial score (nSPS) is 26.1. The molecule has 232 valence electrons. The predicted octanol–water partition coefficient (Wildman–Crippen LogP) is 5.89. The van der Waals surface area contributed by atoms with Gasteiger partial charge in [-0.25, -0.2) is 8.78 Å². The second-order valence-electron chi connectivity index (χ2n) is 12.9. The van der Waals surface area contributed by atoms with E-state index in [9.17, 15) is 4.39 Å². The molecule has 3 aromatic heterocycles. The van der Waals surface area contributed by atoms with Crippen molar-refractivity contribution in [1.29, 1.82) is 0 Å². The van der Waals surface area contributed by atoms with E-state index in [0.717, 1.165) is 69.1 Å². The maximum absolute atomic E-state index is 16.9. The fraction of sp³-hybridized carbons (Fsp3) is 0.562. The number of hydrogen-bond donors (Lipinski definition) is 1. The molecule has 0 saturated carbocycles. The molecule has 1 N–H and O–H groups in total. The Kier molecular flexibility index (Phi) is 7.30. The molecule has 44 heavy (non-hydrogen) atoms. The van der Waals surface area contributed by atoms with Gasteiger partial charge in [-0.3, -0.25) is 15.0 Å². The zero-order valence-electron chi connectivity index (χ0n) is 24.6. The van der Waals surface area contributed by atoms with Crippen molar-refractivity contribution < 1.29 is 18.3 Å². The van der Waals surface area contributed by atoms with Crippen LogP contribution >= 0.6 is 11.6 Å². The maximum atomic E-state index is 16.9. The number of nitrogens with one attached hydrogen (secondary N) is 1. The molecule has 4 aromatic rings. The molecule has 3 fully saturated rings. The summed E-state index contributed by atoms with van der Waals surface area (Å²) in [5.41, 5.74) is 2.07. The molecule has 8 heterocycles. The Morgan fingerprint density at radius 3 is 2.95 bits per heavy atom. The summed E-state index contributed by atoms with van der Waals surface area (Å²) in [4.78, 5) is 18.7. The molecular formula is C32H36ClF2N7O2. The van der Waals surface area contributed by atoms with Crippen LogP contribution in [-0.4, -0.2) is 87.8 Å². The van der Waals surface area contributed by atoms with E-state index in [2.05, 4.69) is 25.0 Å². The van der Waals surface area contributed by atoms with E-state index >= 15 is 4.39 Å². The number of anilines is 1. The number of halogens is 3. The van der Waals surface area contributed by atoms with Crippen molar-refractivity contribution in [1.82, 2.24) is 30.0 Å². The van der Waals surface area contributed by atoms with Gasteiger partial charge in [-0.15, -0.1) is 0 Å². The third-order valence-corrected chi connectivity index (χ3v) is 10.5. The van der Waals surface area contributed by atoms with Crippen molar-refractivity contribution in [2.45, 2.75) is 63.1 Å². The van der Waals surface area contributed by atoms with Gasteiger partial charge in [0.2, 0.25) is 0 Å². The standard InChI is InChI=1S/C32H36ClF2N7O2/c33-24-12-25-22(15-37-40-25)26-21(24)5-2-10-43-11-6-19-4-1-8-41(16-19)30-23-14-36-29(26)27(35)28(23)38-31(39-30)44-18-32-7-3-9-42(32)17-20(34)13-32/h12,14-15,19-20H,1-11,13,16-18H2,(H,37,40)/t19-,20+,32-/m0/s1. The molecule has 0 spiro atoms. The Balaban J connectivity index is 1.28. The van der Waals surface area contributed by atoms with Gasteiger partial charge in [0.05, 0.1) is 22.6 Å². The van der Waals surface area contributed by atoms with Crippen LogP contribution in [0, 0.1) is 11.7 Å². The number of ether oxygens (including phenoxy) is 2. The number of aromatic nitrogens is 5. The first-order chi connectivity index (χ1) is 21.5. The summed E-state index contributed by atoms with van der Waals surface area (Å²) in [7, 11) is 0. The summed E-state index contributed by atoms with van der Waals surface area (Å²) in [5.74, 6) is 0.499. The molecule has 6 bridgehead atoms. The highest BCUT2D eigenvalue weighted by Crippen LogP contribution is 2.42. The minimum absolute atomic E-state index is 0.110. The number of hydrogen-bond acceptors (Lipinski definition) is 8. The highest BCUT2D eigenvalue weighted by Gasteiger charge is 2.49. The number of pyridine rings is 1. The minimum Gasteiger partial charge on any atom is -0.461 e. The molecular weight excluding hydrogens is 588 g/mol. The van der Waals surface area contributed by atoms with E-state index in [4.69, 9.17) is 31.0 Å². The number of rotatable bonds is 3. The van der Waals surface area contributed by atoms with E-state index < -0.39 is 12.0 Å². The first kappa shape index (κ1) is 28.3. The molecule has 0 aliphatic carbocycles. The van der Waals surface area contributed by atoms with Crippen molar-refractivity contribution in [2.75, 3.05) is 50.9 Å². The Bertz CT molecular complexity index is 1720. The Morgan fingerprint density at radius 1 is 1.09 bits per heavy atom. The monoisotopic (exact) mass is 623 g/mol. The molecule has 0 radical (unpaired) electrons. The molecule has 0 amide bonds. The lowest BCUT2D eigenvalue weighted by Crippen LogP contribution is -2.43. The number of piperidine rings is 1. The fourth-order valence-electron chi connectivity index (χ4n) is 7.96. The zero-order valence-corrected chi connectivity index (χ0v) is 25.4. The Morgan fingerprint density at radius 2 is 2.02 bits per heavy atom. The second-order valence-corrected chi connectivity index (χ2v) is 13.3. The summed E-state index contributed by atoms with van der Waals surface area (Å²) in [6, 6.07) is 1.94. The van der Waals surface area contributed by atoms with Gasteiger partial charge in [-0.05, 0) is 69.0 Å². The molecule has 3 atom stereocenters. The van der Waals surface area contributed by atoms with E-state index in [1.54, 1.807) is 12.4 Å². The van der Waals surface area contributed by atoms with Gasteiger partial charge in [0.15, 0.2) is 5.82 Å². The maximum Gasteiger partial charge on any atom is 0.319 e. The molecule has 5 aliphatic rings. The van der Waals surface area contributed by atoms with Gasteiger partial charge in [0.25, 0.3) is 0 Å². The lowest BCUT2D eigenvalue weighted by molar-refractivity contribution is 0.107. The summed E-state index contributed by atoms with van der Waals surface area (Å²) < 4.78 is 43.8. The number of fused-ring (bicyclic) bond motifs is 8. The van der Waals surface area contributed by atoms with Gasteiger partial charge < -0.3 is 14.4 Å². The van der Waals surface area contributed by atoms with Gasteiger partial charge in [0.1, 0.15) is 29.8 Å². The van der Waals surface area contributed by atoms with Crippen molar-refractivity contribution in [3.8, 4) is 17.3 Å². The van der Waals surface area contributed by atoms with Gasteiger partial charge in [-0.1, -0.05) is 11.6 Å². The van der Waals surface area contributed by atoms with Crippen LogP contribution in [0.3, 0.4) is 0 Å². The van der Waals surface area contributed by atoms with E-state index in [0.29, 0.717) is 65.8 Å². The second kappa shape index (κ2) is 11.3. The van der Waals surface area contributed by atoms with Gasteiger partial charge >= 0.3 is 6.01 Å². The molecule has 12 heteroatoms. The van der Waals surface area contributed by atoms with Gasteiger partial charge in [-0.2, -0.15) is 15.1 Å². The van der Waals surface area contributed by atoms with Crippen LogP contribution in [0.1, 0.15) is 50.5 Å². The van der Waals surface area contributed by atoms with Crippen LogP contribution in [-0.2, 0) is 11.2 Å².